The average Bonchev–Trinajstić information content (AvgIpc) is 2.78. The van der Waals surface area contributed by atoms with Gasteiger partial charge in [-0.15, -0.1) is 0 Å². The molecule has 164 valence electrons. The second-order valence-corrected chi connectivity index (χ2v) is 7.33. The number of alkyl halides is 3. The Morgan fingerprint density at radius 2 is 1.90 bits per heavy atom. The molecule has 1 N–H and O–H groups in total. The smallest absolute Gasteiger partial charge is 0.433 e. The van der Waals surface area contributed by atoms with Crippen LogP contribution in [0.15, 0.2) is 36.4 Å². The lowest BCUT2D eigenvalue weighted by atomic mass is 9.95. The van der Waals surface area contributed by atoms with Gasteiger partial charge in [0.05, 0.1) is 12.7 Å². The number of benzene rings is 1. The zero-order valence-corrected chi connectivity index (χ0v) is 17.1. The Hall–Kier alpha value is -3.28. The summed E-state index contributed by atoms with van der Waals surface area (Å²) in [6.45, 7) is 1.22. The third kappa shape index (κ3) is 5.66. The van der Waals surface area contributed by atoms with Gasteiger partial charge < -0.3 is 15.0 Å². The number of carbonyl (C=O) groups is 1. The number of amides is 1. The number of nitrogens with zero attached hydrogens (tertiary/aromatic N) is 3. The van der Waals surface area contributed by atoms with Crippen LogP contribution in [0, 0.1) is 17.2 Å². The standard InChI is InChI=1S/C22H23F3N4O2/c1-31-18-5-2-15(3-6-18)8-11-27-21(30)16-9-12-29(13-10-16)20-17(14-26)4-7-19(28-20)22(23,24)25/h2-7,16H,8-13H2,1H3,(H,27,30). The van der Waals surface area contributed by atoms with E-state index >= 15 is 0 Å². The number of anilines is 1. The van der Waals surface area contributed by atoms with Crippen molar-refractivity contribution in [1.29, 1.82) is 5.26 Å². The Balaban J connectivity index is 1.53. The van der Waals surface area contributed by atoms with E-state index in [9.17, 15) is 23.2 Å². The lowest BCUT2D eigenvalue weighted by Gasteiger charge is -2.32. The van der Waals surface area contributed by atoms with Gasteiger partial charge in [0.1, 0.15) is 23.3 Å². The molecule has 0 unspecified atom stereocenters. The molecule has 0 bridgehead atoms. The maximum atomic E-state index is 13.0. The Morgan fingerprint density at radius 1 is 1.23 bits per heavy atom. The van der Waals surface area contributed by atoms with Crippen LogP contribution >= 0.6 is 0 Å². The van der Waals surface area contributed by atoms with E-state index in [-0.39, 0.29) is 23.2 Å². The Bertz CT molecular complexity index is 947. The predicted molar refractivity (Wildman–Crippen MR) is 109 cm³/mol. The third-order valence-electron chi connectivity index (χ3n) is 5.32. The molecular weight excluding hydrogens is 409 g/mol. The number of hydrogen-bond donors (Lipinski definition) is 1. The van der Waals surface area contributed by atoms with Gasteiger partial charge in [0.25, 0.3) is 0 Å². The van der Waals surface area contributed by atoms with Crippen molar-refractivity contribution >= 4 is 11.7 Å². The highest BCUT2D eigenvalue weighted by molar-refractivity contribution is 5.79. The number of hydrogen-bond acceptors (Lipinski definition) is 5. The summed E-state index contributed by atoms with van der Waals surface area (Å²) in [5.74, 6) is 0.513. The summed E-state index contributed by atoms with van der Waals surface area (Å²) in [5.41, 5.74) is 0.144. The van der Waals surface area contributed by atoms with Crippen LogP contribution in [0.3, 0.4) is 0 Å². The van der Waals surface area contributed by atoms with Crippen LogP contribution in [0.5, 0.6) is 5.75 Å². The maximum absolute atomic E-state index is 13.0. The molecule has 1 aliphatic rings. The number of aromatic nitrogens is 1. The van der Waals surface area contributed by atoms with E-state index in [1.54, 1.807) is 12.0 Å². The Labute approximate surface area is 178 Å². The highest BCUT2D eigenvalue weighted by Gasteiger charge is 2.34. The summed E-state index contributed by atoms with van der Waals surface area (Å²) in [4.78, 5) is 17.8. The van der Waals surface area contributed by atoms with Crippen LogP contribution < -0.4 is 15.0 Å². The van der Waals surface area contributed by atoms with Gasteiger partial charge >= 0.3 is 6.18 Å². The molecule has 2 heterocycles. The lowest BCUT2D eigenvalue weighted by molar-refractivity contribution is -0.141. The van der Waals surface area contributed by atoms with Crippen molar-refractivity contribution in [3.8, 4) is 11.8 Å². The molecule has 1 aliphatic heterocycles. The van der Waals surface area contributed by atoms with Crippen LogP contribution in [0.4, 0.5) is 19.0 Å². The molecular formula is C22H23F3N4O2. The molecule has 0 aliphatic carbocycles. The zero-order chi connectivity index (χ0) is 22.4. The summed E-state index contributed by atoms with van der Waals surface area (Å²) < 4.78 is 44.1. The first-order chi connectivity index (χ1) is 14.8. The van der Waals surface area contributed by atoms with Gasteiger partial charge in [-0.3, -0.25) is 4.79 Å². The maximum Gasteiger partial charge on any atom is 0.433 e. The number of halogens is 3. The molecule has 2 aromatic rings. The molecule has 9 heteroatoms. The number of ether oxygens (including phenoxy) is 1. The van der Waals surface area contributed by atoms with Gasteiger partial charge in [0.2, 0.25) is 5.91 Å². The van der Waals surface area contributed by atoms with Gasteiger partial charge in [0.15, 0.2) is 0 Å². The summed E-state index contributed by atoms with van der Waals surface area (Å²) in [6.07, 6.45) is -2.92. The van der Waals surface area contributed by atoms with Gasteiger partial charge in [-0.2, -0.15) is 18.4 Å². The minimum Gasteiger partial charge on any atom is -0.497 e. The number of rotatable bonds is 6. The van der Waals surface area contributed by atoms with Crippen molar-refractivity contribution in [2.24, 2.45) is 5.92 Å². The van der Waals surface area contributed by atoms with Crippen LogP contribution in [-0.4, -0.2) is 37.6 Å². The lowest BCUT2D eigenvalue weighted by Crippen LogP contribution is -2.41. The number of methoxy groups -OCH3 is 1. The first kappa shape index (κ1) is 22.4. The first-order valence-corrected chi connectivity index (χ1v) is 9.95. The van der Waals surface area contributed by atoms with Crippen molar-refractivity contribution in [3.05, 3.63) is 53.2 Å². The fourth-order valence-corrected chi connectivity index (χ4v) is 3.55. The van der Waals surface area contributed by atoms with Crippen LogP contribution in [0.25, 0.3) is 0 Å². The minimum atomic E-state index is -4.58. The molecule has 1 aromatic heterocycles. The van der Waals surface area contributed by atoms with Crippen LogP contribution in [-0.2, 0) is 17.4 Å². The monoisotopic (exact) mass is 432 g/mol. The van der Waals surface area contributed by atoms with E-state index in [4.69, 9.17) is 4.74 Å². The van der Waals surface area contributed by atoms with Crippen molar-refractivity contribution in [1.82, 2.24) is 10.3 Å². The molecule has 1 aromatic carbocycles. The summed E-state index contributed by atoms with van der Waals surface area (Å²) in [6, 6.07) is 11.5. The Morgan fingerprint density at radius 3 is 2.48 bits per heavy atom. The number of nitrogens with one attached hydrogen (secondary N) is 1. The number of nitriles is 1. The highest BCUT2D eigenvalue weighted by Crippen LogP contribution is 2.31. The largest absolute Gasteiger partial charge is 0.497 e. The summed E-state index contributed by atoms with van der Waals surface area (Å²) >= 11 is 0. The molecule has 1 fully saturated rings. The molecule has 0 saturated carbocycles. The number of pyridine rings is 1. The van der Waals surface area contributed by atoms with Crippen molar-refractivity contribution in [3.63, 3.8) is 0 Å². The van der Waals surface area contributed by atoms with Crippen molar-refractivity contribution in [2.75, 3.05) is 31.6 Å². The molecule has 0 radical (unpaired) electrons. The average molecular weight is 432 g/mol. The van der Waals surface area contributed by atoms with E-state index in [1.165, 1.54) is 0 Å². The summed E-state index contributed by atoms with van der Waals surface area (Å²) in [5, 5.41) is 12.2. The van der Waals surface area contributed by atoms with E-state index in [1.807, 2.05) is 30.3 Å². The first-order valence-electron chi connectivity index (χ1n) is 9.95. The quantitative estimate of drug-likeness (QED) is 0.755. The molecule has 31 heavy (non-hydrogen) atoms. The van der Waals surface area contributed by atoms with Gasteiger partial charge in [-0.05, 0) is 49.1 Å². The second kappa shape index (κ2) is 9.69. The Kier molecular flexibility index (Phi) is 7.00. The second-order valence-electron chi connectivity index (χ2n) is 7.33. The molecule has 1 saturated heterocycles. The van der Waals surface area contributed by atoms with E-state index < -0.39 is 11.9 Å². The van der Waals surface area contributed by atoms with Gasteiger partial charge in [0, 0.05) is 25.6 Å². The number of piperidine rings is 1. The normalized spacial score (nSPS) is 14.7. The fraction of sp³-hybridized carbons (Fsp3) is 0.409. The van der Waals surface area contributed by atoms with Crippen molar-refractivity contribution < 1.29 is 22.7 Å². The van der Waals surface area contributed by atoms with E-state index in [2.05, 4.69) is 10.3 Å². The fourth-order valence-electron chi connectivity index (χ4n) is 3.55. The molecule has 1 amide bonds. The van der Waals surface area contributed by atoms with Gasteiger partial charge in [-0.25, -0.2) is 4.98 Å². The SMILES string of the molecule is COc1ccc(CCNC(=O)C2CCN(c3nc(C(F)(F)F)ccc3C#N)CC2)cc1. The topological polar surface area (TPSA) is 78.2 Å². The van der Waals surface area contributed by atoms with E-state index in [0.717, 1.165) is 23.4 Å². The molecule has 0 spiro atoms. The molecule has 0 atom stereocenters. The number of carbonyl (C=O) groups excluding carboxylic acids is 1. The minimum absolute atomic E-state index is 0.0238. The zero-order valence-electron chi connectivity index (χ0n) is 17.1. The summed E-state index contributed by atoms with van der Waals surface area (Å²) in [7, 11) is 1.60. The van der Waals surface area contributed by atoms with Crippen LogP contribution in [0.1, 0.15) is 29.7 Å². The predicted octanol–water partition coefficient (Wildman–Crippen LogP) is 3.56. The molecule has 3 rings (SSSR count). The van der Waals surface area contributed by atoms with Crippen molar-refractivity contribution in [2.45, 2.75) is 25.4 Å². The molecule has 6 nitrogen and oxygen atoms in total. The highest BCUT2D eigenvalue weighted by atomic mass is 19.4. The van der Waals surface area contributed by atoms with E-state index in [0.29, 0.717) is 38.9 Å². The van der Waals surface area contributed by atoms with Gasteiger partial charge in [-0.1, -0.05) is 12.1 Å². The third-order valence-corrected chi connectivity index (χ3v) is 5.32. The van der Waals surface area contributed by atoms with Crippen LogP contribution in [0.2, 0.25) is 0 Å².